The minimum atomic E-state index is -3.82. The van der Waals surface area contributed by atoms with Crippen molar-refractivity contribution >= 4 is 10.0 Å². The normalized spacial score (nSPS) is 10.8. The van der Waals surface area contributed by atoms with Gasteiger partial charge < -0.3 is 5.11 Å². The lowest BCUT2D eigenvalue weighted by atomic mass is 10.2. The van der Waals surface area contributed by atoms with E-state index in [9.17, 15) is 8.42 Å². The van der Waals surface area contributed by atoms with Gasteiger partial charge in [-0.1, -0.05) is 0 Å². The van der Waals surface area contributed by atoms with Gasteiger partial charge in [-0.3, -0.25) is 0 Å². The van der Waals surface area contributed by atoms with E-state index in [0.717, 1.165) is 12.1 Å². The highest BCUT2D eigenvalue weighted by molar-refractivity contribution is 7.89. The summed E-state index contributed by atoms with van der Waals surface area (Å²) in [5, 5.41) is 22.3. The summed E-state index contributed by atoms with van der Waals surface area (Å²) in [6, 6.07) is 4.98. The van der Waals surface area contributed by atoms with Gasteiger partial charge in [0.2, 0.25) is 10.0 Å². The van der Waals surface area contributed by atoms with Crippen molar-refractivity contribution in [2.45, 2.75) is 4.90 Å². The molecular formula is C7H6N2O3S. The maximum Gasteiger partial charge on any atom is 0.238 e. The SMILES string of the molecule is N#Cc1ccc(S(N)(=O)=O)cc1O. The number of hydrogen-bond donors (Lipinski definition) is 2. The van der Waals surface area contributed by atoms with E-state index in [1.165, 1.54) is 6.07 Å². The van der Waals surface area contributed by atoms with Gasteiger partial charge in [0.15, 0.2) is 0 Å². The molecule has 6 heteroatoms. The summed E-state index contributed by atoms with van der Waals surface area (Å²) >= 11 is 0. The minimum Gasteiger partial charge on any atom is -0.507 e. The van der Waals surface area contributed by atoms with Crippen LogP contribution >= 0.6 is 0 Å². The second kappa shape index (κ2) is 3.05. The number of aromatic hydroxyl groups is 1. The number of sulfonamides is 1. The van der Waals surface area contributed by atoms with Crippen molar-refractivity contribution in [3.8, 4) is 11.8 Å². The van der Waals surface area contributed by atoms with Crippen LogP contribution < -0.4 is 5.14 Å². The lowest BCUT2D eigenvalue weighted by molar-refractivity contribution is 0.471. The van der Waals surface area contributed by atoms with Gasteiger partial charge in [-0.2, -0.15) is 5.26 Å². The van der Waals surface area contributed by atoms with Gasteiger partial charge in [-0.15, -0.1) is 0 Å². The Morgan fingerprint density at radius 1 is 1.46 bits per heavy atom. The molecule has 0 aliphatic carbocycles. The zero-order chi connectivity index (χ0) is 10.1. The first-order chi connectivity index (χ1) is 5.95. The molecule has 1 rings (SSSR count). The number of benzene rings is 1. The Morgan fingerprint density at radius 2 is 2.08 bits per heavy atom. The second-order valence-electron chi connectivity index (χ2n) is 2.34. The maximum atomic E-state index is 10.8. The highest BCUT2D eigenvalue weighted by Gasteiger charge is 2.10. The Balaban J connectivity index is 3.36. The molecule has 1 aromatic rings. The van der Waals surface area contributed by atoms with Crippen LogP contribution in [-0.2, 0) is 10.0 Å². The van der Waals surface area contributed by atoms with E-state index in [-0.39, 0.29) is 10.5 Å². The molecule has 0 unspecified atom stereocenters. The molecule has 1 aromatic carbocycles. The van der Waals surface area contributed by atoms with Crippen LogP contribution in [0.1, 0.15) is 5.56 Å². The largest absolute Gasteiger partial charge is 0.507 e. The summed E-state index contributed by atoms with van der Waals surface area (Å²) in [5.41, 5.74) is 0.00685. The highest BCUT2D eigenvalue weighted by Crippen LogP contribution is 2.19. The molecule has 0 aliphatic heterocycles. The summed E-state index contributed by atoms with van der Waals surface area (Å²) in [4.78, 5) is -0.219. The molecule has 0 amide bonds. The Labute approximate surface area is 75.1 Å². The topological polar surface area (TPSA) is 104 Å². The van der Waals surface area contributed by atoms with Gasteiger partial charge in [-0.05, 0) is 12.1 Å². The molecule has 3 N–H and O–H groups in total. The first-order valence-electron chi connectivity index (χ1n) is 3.21. The van der Waals surface area contributed by atoms with Crippen molar-refractivity contribution in [3.05, 3.63) is 23.8 Å². The monoisotopic (exact) mass is 198 g/mol. The molecule has 68 valence electrons. The third-order valence-electron chi connectivity index (χ3n) is 1.42. The molecule has 0 fully saturated rings. The lowest BCUT2D eigenvalue weighted by Gasteiger charge is -1.99. The molecule has 0 saturated heterocycles. The third-order valence-corrected chi connectivity index (χ3v) is 2.33. The molecule has 5 nitrogen and oxygen atoms in total. The van der Waals surface area contributed by atoms with E-state index in [1.54, 1.807) is 6.07 Å². The number of phenolic OH excluding ortho intramolecular Hbond substituents is 1. The third kappa shape index (κ3) is 1.96. The summed E-state index contributed by atoms with van der Waals surface area (Å²) < 4.78 is 21.5. The summed E-state index contributed by atoms with van der Waals surface area (Å²) in [7, 11) is -3.82. The van der Waals surface area contributed by atoms with Crippen LogP contribution in [0.2, 0.25) is 0 Å². The van der Waals surface area contributed by atoms with E-state index < -0.39 is 15.8 Å². The zero-order valence-corrected chi connectivity index (χ0v) is 7.25. The number of nitrogens with two attached hydrogens (primary N) is 1. The van der Waals surface area contributed by atoms with E-state index in [2.05, 4.69) is 0 Å². The van der Waals surface area contributed by atoms with Gasteiger partial charge in [0.25, 0.3) is 0 Å². The Morgan fingerprint density at radius 3 is 2.46 bits per heavy atom. The summed E-state index contributed by atoms with van der Waals surface area (Å²) in [6.07, 6.45) is 0. The van der Waals surface area contributed by atoms with Crippen molar-refractivity contribution < 1.29 is 13.5 Å². The van der Waals surface area contributed by atoms with Crippen LogP contribution in [0, 0.1) is 11.3 Å². The fourth-order valence-electron chi connectivity index (χ4n) is 0.783. The Kier molecular flexibility index (Phi) is 2.23. The minimum absolute atomic E-state index is 0.00685. The number of primary sulfonamides is 1. The zero-order valence-electron chi connectivity index (χ0n) is 6.43. The predicted octanol–water partition coefficient (Wildman–Crippen LogP) is -0.0887. The number of phenols is 1. The number of rotatable bonds is 1. The Bertz CT molecular complexity index is 473. The quantitative estimate of drug-likeness (QED) is 0.657. The molecule has 0 spiro atoms. The molecule has 0 atom stereocenters. The van der Waals surface area contributed by atoms with Crippen molar-refractivity contribution in [1.82, 2.24) is 0 Å². The second-order valence-corrected chi connectivity index (χ2v) is 3.90. The first-order valence-corrected chi connectivity index (χ1v) is 4.75. The fourth-order valence-corrected chi connectivity index (χ4v) is 1.32. The van der Waals surface area contributed by atoms with Crippen molar-refractivity contribution in [2.24, 2.45) is 5.14 Å². The molecule has 13 heavy (non-hydrogen) atoms. The van der Waals surface area contributed by atoms with Gasteiger partial charge in [0, 0.05) is 6.07 Å². The van der Waals surface area contributed by atoms with Crippen LogP contribution in [0.4, 0.5) is 0 Å². The van der Waals surface area contributed by atoms with Crippen LogP contribution in [0.25, 0.3) is 0 Å². The van der Waals surface area contributed by atoms with Gasteiger partial charge in [-0.25, -0.2) is 13.6 Å². The van der Waals surface area contributed by atoms with E-state index in [4.69, 9.17) is 15.5 Å². The van der Waals surface area contributed by atoms with Gasteiger partial charge in [0.1, 0.15) is 11.8 Å². The number of nitriles is 1. The molecule has 0 saturated carbocycles. The van der Waals surface area contributed by atoms with E-state index in [1.807, 2.05) is 0 Å². The molecule has 0 aromatic heterocycles. The standard InChI is InChI=1S/C7H6N2O3S/c8-4-5-1-2-6(3-7(5)10)13(9,11)12/h1-3,10H,(H2,9,11,12). The molecule has 0 radical (unpaired) electrons. The van der Waals surface area contributed by atoms with E-state index >= 15 is 0 Å². The maximum absolute atomic E-state index is 10.8. The molecule has 0 heterocycles. The van der Waals surface area contributed by atoms with Crippen LogP contribution in [0.5, 0.6) is 5.75 Å². The number of nitrogens with zero attached hydrogens (tertiary/aromatic N) is 1. The molecule has 0 aliphatic rings. The molecular weight excluding hydrogens is 192 g/mol. The van der Waals surface area contributed by atoms with Crippen molar-refractivity contribution in [1.29, 1.82) is 5.26 Å². The van der Waals surface area contributed by atoms with Gasteiger partial charge in [0.05, 0.1) is 10.5 Å². The fraction of sp³-hybridized carbons (Fsp3) is 0. The first kappa shape index (κ1) is 9.51. The predicted molar refractivity (Wildman–Crippen MR) is 44.2 cm³/mol. The lowest BCUT2D eigenvalue weighted by Crippen LogP contribution is -2.11. The summed E-state index contributed by atoms with van der Waals surface area (Å²) in [5.74, 6) is -0.394. The van der Waals surface area contributed by atoms with Crippen LogP contribution in [0.15, 0.2) is 23.1 Å². The Hall–Kier alpha value is -1.58. The van der Waals surface area contributed by atoms with Gasteiger partial charge >= 0.3 is 0 Å². The van der Waals surface area contributed by atoms with Crippen LogP contribution in [-0.4, -0.2) is 13.5 Å². The van der Waals surface area contributed by atoms with Crippen molar-refractivity contribution in [3.63, 3.8) is 0 Å². The van der Waals surface area contributed by atoms with E-state index in [0.29, 0.717) is 0 Å². The molecule has 0 bridgehead atoms. The average Bonchev–Trinajstić information content (AvgIpc) is 2.02. The smallest absolute Gasteiger partial charge is 0.238 e. The highest BCUT2D eigenvalue weighted by atomic mass is 32.2. The van der Waals surface area contributed by atoms with Crippen LogP contribution in [0.3, 0.4) is 0 Å². The number of hydrogen-bond acceptors (Lipinski definition) is 4. The van der Waals surface area contributed by atoms with Crippen molar-refractivity contribution in [2.75, 3.05) is 0 Å². The summed E-state index contributed by atoms with van der Waals surface area (Å²) in [6.45, 7) is 0. The average molecular weight is 198 g/mol.